The summed E-state index contributed by atoms with van der Waals surface area (Å²) < 4.78 is 19.9. The molecule has 1 aliphatic heterocycles. The van der Waals surface area contributed by atoms with Crippen LogP contribution in [0.25, 0.3) is 0 Å². The molecule has 0 saturated carbocycles. The van der Waals surface area contributed by atoms with Crippen LogP contribution in [-0.2, 0) is 4.79 Å². The Morgan fingerprint density at radius 2 is 2.00 bits per heavy atom. The van der Waals surface area contributed by atoms with E-state index in [0.29, 0.717) is 19.6 Å². The molecule has 1 heterocycles. The number of carbonyl (C=O) groups excluding carboxylic acids is 1. The molecular formula is C20H22FN3O2S. The van der Waals surface area contributed by atoms with Gasteiger partial charge in [-0.15, -0.1) is 0 Å². The largest absolute Gasteiger partial charge is 0.493 e. The van der Waals surface area contributed by atoms with Crippen molar-refractivity contribution in [3.63, 3.8) is 0 Å². The predicted octanol–water partition coefficient (Wildman–Crippen LogP) is 2.95. The minimum Gasteiger partial charge on any atom is -0.493 e. The van der Waals surface area contributed by atoms with Crippen molar-refractivity contribution >= 4 is 23.1 Å². The number of nitrogens with one attached hydrogen (secondary N) is 1. The van der Waals surface area contributed by atoms with E-state index in [-0.39, 0.29) is 28.4 Å². The zero-order valence-electron chi connectivity index (χ0n) is 15.0. The van der Waals surface area contributed by atoms with Crippen molar-refractivity contribution in [2.24, 2.45) is 11.7 Å². The van der Waals surface area contributed by atoms with E-state index in [0.717, 1.165) is 11.3 Å². The highest BCUT2D eigenvalue weighted by atomic mass is 32.1. The number of benzene rings is 2. The van der Waals surface area contributed by atoms with Crippen LogP contribution in [0.5, 0.6) is 5.75 Å². The SMILES string of the molecule is CC(=O)N(NC(=S)c1ccccc1F)C1c2ccccc2OCC1CCN. The summed E-state index contributed by atoms with van der Waals surface area (Å²) in [4.78, 5) is 12.6. The van der Waals surface area contributed by atoms with Gasteiger partial charge >= 0.3 is 0 Å². The van der Waals surface area contributed by atoms with Gasteiger partial charge in [0.15, 0.2) is 0 Å². The first-order valence-electron chi connectivity index (χ1n) is 8.80. The van der Waals surface area contributed by atoms with Gasteiger partial charge in [0.1, 0.15) is 16.6 Å². The average Bonchev–Trinajstić information content (AvgIpc) is 2.66. The molecule has 2 aromatic carbocycles. The number of amides is 1. The maximum absolute atomic E-state index is 14.1. The van der Waals surface area contributed by atoms with Crippen molar-refractivity contribution in [2.45, 2.75) is 19.4 Å². The molecule has 2 unspecified atom stereocenters. The molecule has 2 aromatic rings. The number of para-hydroxylation sites is 1. The maximum atomic E-state index is 14.1. The van der Waals surface area contributed by atoms with Crippen LogP contribution in [0.15, 0.2) is 48.5 Å². The molecular weight excluding hydrogens is 365 g/mol. The molecule has 0 saturated heterocycles. The van der Waals surface area contributed by atoms with Crippen LogP contribution in [0.1, 0.15) is 30.5 Å². The Hall–Kier alpha value is -2.51. The smallest absolute Gasteiger partial charge is 0.238 e. The normalized spacial score (nSPS) is 18.2. The van der Waals surface area contributed by atoms with Gasteiger partial charge < -0.3 is 10.5 Å². The predicted molar refractivity (Wildman–Crippen MR) is 106 cm³/mol. The van der Waals surface area contributed by atoms with Crippen molar-refractivity contribution in [1.82, 2.24) is 10.4 Å². The van der Waals surface area contributed by atoms with E-state index in [1.54, 1.807) is 18.2 Å². The first-order chi connectivity index (χ1) is 13.0. The molecule has 7 heteroatoms. The number of halogens is 1. The van der Waals surface area contributed by atoms with Crippen LogP contribution in [-0.4, -0.2) is 29.1 Å². The van der Waals surface area contributed by atoms with E-state index in [2.05, 4.69) is 5.43 Å². The van der Waals surface area contributed by atoms with Crippen molar-refractivity contribution in [3.8, 4) is 5.75 Å². The molecule has 0 radical (unpaired) electrons. The Labute approximate surface area is 163 Å². The fourth-order valence-corrected chi connectivity index (χ4v) is 3.63. The zero-order valence-corrected chi connectivity index (χ0v) is 15.8. The van der Waals surface area contributed by atoms with E-state index in [4.69, 9.17) is 22.7 Å². The number of hydrazine groups is 1. The van der Waals surface area contributed by atoms with Crippen molar-refractivity contribution in [3.05, 3.63) is 65.5 Å². The van der Waals surface area contributed by atoms with E-state index in [1.807, 2.05) is 24.3 Å². The molecule has 0 fully saturated rings. The van der Waals surface area contributed by atoms with Gasteiger partial charge in [0.05, 0.1) is 12.6 Å². The van der Waals surface area contributed by atoms with Gasteiger partial charge in [0.25, 0.3) is 0 Å². The second-order valence-electron chi connectivity index (χ2n) is 6.44. The van der Waals surface area contributed by atoms with E-state index in [9.17, 15) is 9.18 Å². The van der Waals surface area contributed by atoms with Crippen LogP contribution in [0, 0.1) is 11.7 Å². The summed E-state index contributed by atoms with van der Waals surface area (Å²) in [5.41, 5.74) is 9.85. The summed E-state index contributed by atoms with van der Waals surface area (Å²) in [7, 11) is 0. The summed E-state index contributed by atoms with van der Waals surface area (Å²) in [6.45, 7) is 2.36. The second-order valence-corrected chi connectivity index (χ2v) is 6.85. The molecule has 142 valence electrons. The number of nitrogens with two attached hydrogens (primary N) is 1. The molecule has 0 bridgehead atoms. The lowest BCUT2D eigenvalue weighted by Crippen LogP contribution is -2.51. The van der Waals surface area contributed by atoms with Crippen LogP contribution in [0.4, 0.5) is 4.39 Å². The third-order valence-electron chi connectivity index (χ3n) is 4.63. The molecule has 5 nitrogen and oxygen atoms in total. The summed E-state index contributed by atoms with van der Waals surface area (Å²) >= 11 is 5.37. The molecule has 0 aliphatic carbocycles. The highest BCUT2D eigenvalue weighted by molar-refractivity contribution is 7.80. The maximum Gasteiger partial charge on any atom is 0.238 e. The first-order valence-corrected chi connectivity index (χ1v) is 9.21. The standard InChI is InChI=1S/C20H22FN3O2S/c1-13(25)24(23-20(27)15-6-2-4-8-17(15)21)19-14(10-11-22)12-26-18-9-5-3-7-16(18)19/h2-9,14,19H,10-12,22H2,1H3,(H,23,27). The molecule has 0 aromatic heterocycles. The Bertz CT molecular complexity index is 845. The van der Waals surface area contributed by atoms with Gasteiger partial charge in [0, 0.05) is 24.0 Å². The lowest BCUT2D eigenvalue weighted by Gasteiger charge is -2.40. The fraction of sp³-hybridized carbons (Fsp3) is 0.300. The monoisotopic (exact) mass is 387 g/mol. The van der Waals surface area contributed by atoms with E-state index >= 15 is 0 Å². The molecule has 3 N–H and O–H groups in total. The molecule has 2 atom stereocenters. The summed E-state index contributed by atoms with van der Waals surface area (Å²) in [5.74, 6) is 0.0483. The Morgan fingerprint density at radius 1 is 1.30 bits per heavy atom. The minimum absolute atomic E-state index is 0.00952. The van der Waals surface area contributed by atoms with Gasteiger partial charge in [-0.3, -0.25) is 10.2 Å². The van der Waals surface area contributed by atoms with Gasteiger partial charge in [-0.2, -0.15) is 0 Å². The van der Waals surface area contributed by atoms with Gasteiger partial charge in [0.2, 0.25) is 5.91 Å². The second kappa shape index (κ2) is 8.45. The lowest BCUT2D eigenvalue weighted by atomic mass is 9.87. The molecule has 0 spiro atoms. The molecule has 27 heavy (non-hydrogen) atoms. The lowest BCUT2D eigenvalue weighted by molar-refractivity contribution is -0.135. The number of ether oxygens (including phenoxy) is 1. The molecule has 1 aliphatic rings. The first kappa shape index (κ1) is 19.3. The van der Waals surface area contributed by atoms with Crippen LogP contribution < -0.4 is 15.9 Å². The van der Waals surface area contributed by atoms with Crippen molar-refractivity contribution < 1.29 is 13.9 Å². The van der Waals surface area contributed by atoms with E-state index in [1.165, 1.54) is 18.0 Å². The molecule has 3 rings (SSSR count). The third-order valence-corrected chi connectivity index (χ3v) is 4.94. The summed E-state index contributed by atoms with van der Waals surface area (Å²) in [5, 5.41) is 1.47. The average molecular weight is 387 g/mol. The Kier molecular flexibility index (Phi) is 6.03. The zero-order chi connectivity index (χ0) is 19.4. The Morgan fingerprint density at radius 3 is 2.70 bits per heavy atom. The number of rotatable bonds is 4. The van der Waals surface area contributed by atoms with Crippen molar-refractivity contribution in [2.75, 3.05) is 13.2 Å². The van der Waals surface area contributed by atoms with Gasteiger partial charge in [-0.25, -0.2) is 9.40 Å². The summed E-state index contributed by atoms with van der Waals surface area (Å²) in [6, 6.07) is 13.5. The number of nitrogens with zero attached hydrogens (tertiary/aromatic N) is 1. The number of carbonyl (C=O) groups is 1. The van der Waals surface area contributed by atoms with Gasteiger partial charge in [-0.1, -0.05) is 42.5 Å². The van der Waals surface area contributed by atoms with Crippen LogP contribution >= 0.6 is 12.2 Å². The van der Waals surface area contributed by atoms with Gasteiger partial charge in [-0.05, 0) is 31.2 Å². The highest BCUT2D eigenvalue weighted by Crippen LogP contribution is 2.40. The Balaban J connectivity index is 1.96. The van der Waals surface area contributed by atoms with Crippen LogP contribution in [0.2, 0.25) is 0 Å². The number of thiocarbonyl (C=S) groups is 1. The quantitative estimate of drug-likeness (QED) is 0.624. The number of fused-ring (bicyclic) bond motifs is 1. The van der Waals surface area contributed by atoms with E-state index < -0.39 is 5.82 Å². The topological polar surface area (TPSA) is 67.6 Å². The number of hydrogen-bond acceptors (Lipinski definition) is 4. The van der Waals surface area contributed by atoms with Crippen LogP contribution in [0.3, 0.4) is 0 Å². The van der Waals surface area contributed by atoms with Crippen molar-refractivity contribution in [1.29, 1.82) is 0 Å². The highest BCUT2D eigenvalue weighted by Gasteiger charge is 2.37. The minimum atomic E-state index is -0.440. The fourth-order valence-electron chi connectivity index (χ4n) is 3.36. The molecule has 1 amide bonds. The summed E-state index contributed by atoms with van der Waals surface area (Å²) in [6.07, 6.45) is 0.678. The third kappa shape index (κ3) is 4.09. The number of hydrogen-bond donors (Lipinski definition) is 2.